The van der Waals surface area contributed by atoms with Gasteiger partial charge in [-0.25, -0.2) is 0 Å². The fourth-order valence-electron chi connectivity index (χ4n) is 2.49. The first kappa shape index (κ1) is 14.0. The summed E-state index contributed by atoms with van der Waals surface area (Å²) in [5, 5.41) is 3.15. The first-order chi connectivity index (χ1) is 8.61. The molecule has 0 saturated heterocycles. The lowest BCUT2D eigenvalue weighted by molar-refractivity contribution is 0.0912. The number of nitrogens with two attached hydrogens (primary N) is 1. The fraction of sp³-hybridized carbons (Fsp3) is 0.615. The van der Waals surface area contributed by atoms with E-state index in [4.69, 9.17) is 5.73 Å². The van der Waals surface area contributed by atoms with Gasteiger partial charge in [0.2, 0.25) is 0 Å². The van der Waals surface area contributed by atoms with Gasteiger partial charge < -0.3 is 11.1 Å². The summed E-state index contributed by atoms with van der Waals surface area (Å²) in [6.45, 7) is 2.67. The van der Waals surface area contributed by atoms with Crippen LogP contribution in [0.2, 0.25) is 0 Å². The van der Waals surface area contributed by atoms with Crippen LogP contribution in [0.4, 0.5) is 0 Å². The maximum atomic E-state index is 12.2. The number of halogens is 1. The van der Waals surface area contributed by atoms with Crippen LogP contribution in [0, 0.1) is 12.8 Å². The number of rotatable bonds is 3. The fourth-order valence-corrected chi connectivity index (χ4v) is 3.93. The third-order valence-corrected chi connectivity index (χ3v) is 5.74. The first-order valence-corrected chi connectivity index (χ1v) is 7.99. The number of nitrogens with one attached hydrogen (secondary N) is 1. The molecule has 0 unspecified atom stereocenters. The third-order valence-electron chi connectivity index (χ3n) is 3.61. The smallest absolute Gasteiger partial charge is 0.261 e. The van der Waals surface area contributed by atoms with Crippen molar-refractivity contribution in [1.82, 2.24) is 5.32 Å². The van der Waals surface area contributed by atoms with Crippen LogP contribution in [0.15, 0.2) is 9.85 Å². The zero-order chi connectivity index (χ0) is 13.1. The molecule has 1 aromatic rings. The van der Waals surface area contributed by atoms with Crippen LogP contribution >= 0.6 is 27.3 Å². The summed E-state index contributed by atoms with van der Waals surface area (Å²) in [6.07, 6.45) is 4.61. The van der Waals surface area contributed by atoms with Gasteiger partial charge in [0.05, 0.1) is 8.66 Å². The summed E-state index contributed by atoms with van der Waals surface area (Å²) in [4.78, 5) is 13.0. The number of aryl methyl sites for hydroxylation is 1. The number of hydrogen-bond acceptors (Lipinski definition) is 3. The number of thiophene rings is 1. The molecule has 1 heterocycles. The quantitative estimate of drug-likeness (QED) is 0.894. The summed E-state index contributed by atoms with van der Waals surface area (Å²) in [6, 6.07) is 2.18. The summed E-state index contributed by atoms with van der Waals surface area (Å²) in [7, 11) is 0. The van der Waals surface area contributed by atoms with Crippen molar-refractivity contribution in [3.8, 4) is 0 Å². The number of amides is 1. The Morgan fingerprint density at radius 2 is 2.28 bits per heavy atom. The highest BCUT2D eigenvalue weighted by Crippen LogP contribution is 2.28. The van der Waals surface area contributed by atoms with E-state index in [9.17, 15) is 4.79 Å². The maximum Gasteiger partial charge on any atom is 0.261 e. The molecule has 0 aliphatic heterocycles. The van der Waals surface area contributed by atoms with Gasteiger partial charge in [-0.15, -0.1) is 11.3 Å². The Morgan fingerprint density at radius 1 is 1.56 bits per heavy atom. The zero-order valence-electron chi connectivity index (χ0n) is 10.5. The van der Waals surface area contributed by atoms with Crippen molar-refractivity contribution in [1.29, 1.82) is 0 Å². The molecule has 1 aromatic heterocycles. The van der Waals surface area contributed by atoms with Gasteiger partial charge in [0.15, 0.2) is 0 Å². The van der Waals surface area contributed by atoms with Crippen molar-refractivity contribution in [2.45, 2.75) is 38.6 Å². The van der Waals surface area contributed by atoms with Crippen molar-refractivity contribution in [3.63, 3.8) is 0 Å². The molecule has 0 bridgehead atoms. The van der Waals surface area contributed by atoms with Gasteiger partial charge in [-0.05, 0) is 59.8 Å². The highest BCUT2D eigenvalue weighted by atomic mass is 79.9. The molecule has 1 amide bonds. The van der Waals surface area contributed by atoms with E-state index in [0.29, 0.717) is 12.5 Å². The van der Waals surface area contributed by atoms with Crippen LogP contribution in [-0.4, -0.2) is 18.5 Å². The largest absolute Gasteiger partial charge is 0.348 e. The van der Waals surface area contributed by atoms with E-state index in [-0.39, 0.29) is 11.9 Å². The lowest BCUT2D eigenvalue weighted by Crippen LogP contribution is -2.44. The van der Waals surface area contributed by atoms with Crippen LogP contribution < -0.4 is 11.1 Å². The Hall–Kier alpha value is -0.390. The molecular weight excluding hydrogens is 312 g/mol. The van der Waals surface area contributed by atoms with E-state index in [1.54, 1.807) is 0 Å². The van der Waals surface area contributed by atoms with Crippen LogP contribution in [0.5, 0.6) is 0 Å². The molecular formula is C13H19BrN2OS. The number of hydrogen-bond donors (Lipinski definition) is 2. The van der Waals surface area contributed by atoms with E-state index in [0.717, 1.165) is 27.1 Å². The highest BCUT2D eigenvalue weighted by Gasteiger charge is 2.26. The van der Waals surface area contributed by atoms with Gasteiger partial charge in [0, 0.05) is 6.04 Å². The standard InChI is InChI=1S/C13H19BrN2OS/c1-8-6-11(18-12(8)14)13(17)16-10-5-3-2-4-9(10)7-15/h6,9-10H,2-5,7,15H2,1H3,(H,16,17)/t9-,10-/m0/s1. The van der Waals surface area contributed by atoms with Gasteiger partial charge in [-0.2, -0.15) is 0 Å². The van der Waals surface area contributed by atoms with Gasteiger partial charge in [-0.1, -0.05) is 12.8 Å². The molecule has 3 N–H and O–H groups in total. The molecule has 18 heavy (non-hydrogen) atoms. The predicted octanol–water partition coefficient (Wildman–Crippen LogP) is 3.07. The van der Waals surface area contributed by atoms with Gasteiger partial charge in [-0.3, -0.25) is 4.79 Å². The highest BCUT2D eigenvalue weighted by molar-refractivity contribution is 9.11. The second-order valence-corrected chi connectivity index (χ2v) is 7.30. The van der Waals surface area contributed by atoms with E-state index in [1.165, 1.54) is 24.2 Å². The predicted molar refractivity (Wildman–Crippen MR) is 79.0 cm³/mol. The van der Waals surface area contributed by atoms with Gasteiger partial charge in [0.1, 0.15) is 0 Å². The van der Waals surface area contributed by atoms with Crippen molar-refractivity contribution in [3.05, 3.63) is 20.3 Å². The van der Waals surface area contributed by atoms with Crippen molar-refractivity contribution in [2.75, 3.05) is 6.54 Å². The lowest BCUT2D eigenvalue weighted by atomic mass is 9.84. The normalized spacial score (nSPS) is 23.9. The average Bonchev–Trinajstić information content (AvgIpc) is 2.70. The second-order valence-electron chi connectivity index (χ2n) is 4.93. The van der Waals surface area contributed by atoms with Crippen molar-refractivity contribution in [2.24, 2.45) is 11.7 Å². The minimum Gasteiger partial charge on any atom is -0.348 e. The molecule has 1 fully saturated rings. The Kier molecular flexibility index (Phi) is 4.81. The van der Waals surface area contributed by atoms with Crippen LogP contribution in [-0.2, 0) is 0 Å². The summed E-state index contributed by atoms with van der Waals surface area (Å²) >= 11 is 4.95. The molecule has 3 nitrogen and oxygen atoms in total. The Bertz CT molecular complexity index is 413. The minimum atomic E-state index is 0.0409. The minimum absolute atomic E-state index is 0.0409. The molecule has 0 aromatic carbocycles. The van der Waals surface area contributed by atoms with E-state index in [2.05, 4.69) is 21.2 Å². The first-order valence-electron chi connectivity index (χ1n) is 6.38. The van der Waals surface area contributed by atoms with Crippen molar-refractivity contribution >= 4 is 33.2 Å². The molecule has 2 atom stereocenters. The molecule has 5 heteroatoms. The second kappa shape index (κ2) is 6.17. The molecule has 1 saturated carbocycles. The van der Waals surface area contributed by atoms with E-state index in [1.807, 2.05) is 13.0 Å². The number of carbonyl (C=O) groups excluding carboxylic acids is 1. The topological polar surface area (TPSA) is 55.1 Å². The van der Waals surface area contributed by atoms with Crippen LogP contribution in [0.25, 0.3) is 0 Å². The summed E-state index contributed by atoms with van der Waals surface area (Å²) in [5.41, 5.74) is 6.90. The molecule has 1 aliphatic carbocycles. The zero-order valence-corrected chi connectivity index (χ0v) is 12.9. The average molecular weight is 331 g/mol. The summed E-state index contributed by atoms with van der Waals surface area (Å²) < 4.78 is 1.03. The molecule has 100 valence electrons. The molecule has 2 rings (SSSR count). The van der Waals surface area contributed by atoms with E-state index >= 15 is 0 Å². The van der Waals surface area contributed by atoms with Crippen LogP contribution in [0.1, 0.15) is 40.9 Å². The Balaban J connectivity index is 2.01. The Labute approximate surface area is 120 Å². The van der Waals surface area contributed by atoms with Gasteiger partial charge >= 0.3 is 0 Å². The SMILES string of the molecule is Cc1cc(C(=O)N[C@H]2CCCC[C@H]2CN)sc1Br. The molecule has 0 radical (unpaired) electrons. The Morgan fingerprint density at radius 3 is 2.89 bits per heavy atom. The third kappa shape index (κ3) is 3.13. The molecule has 0 spiro atoms. The monoisotopic (exact) mass is 330 g/mol. The van der Waals surface area contributed by atoms with E-state index < -0.39 is 0 Å². The van der Waals surface area contributed by atoms with Crippen molar-refractivity contribution < 1.29 is 4.79 Å². The summed E-state index contributed by atoms with van der Waals surface area (Å²) in [5.74, 6) is 0.478. The number of carbonyl (C=O) groups is 1. The maximum absolute atomic E-state index is 12.2. The molecule has 1 aliphatic rings. The lowest BCUT2D eigenvalue weighted by Gasteiger charge is -2.31. The van der Waals surface area contributed by atoms with Crippen LogP contribution in [0.3, 0.4) is 0 Å². The van der Waals surface area contributed by atoms with Gasteiger partial charge in [0.25, 0.3) is 5.91 Å².